The van der Waals surface area contributed by atoms with E-state index in [1.165, 1.54) is 12.1 Å². The molecule has 0 radical (unpaired) electrons. The average molecular weight is 621 g/mol. The van der Waals surface area contributed by atoms with Crippen LogP contribution in [0.15, 0.2) is 71.6 Å². The van der Waals surface area contributed by atoms with E-state index in [-0.39, 0.29) is 41.9 Å². The fourth-order valence-electron chi connectivity index (χ4n) is 4.85. The van der Waals surface area contributed by atoms with Gasteiger partial charge in [0.25, 0.3) is 10.0 Å². The van der Waals surface area contributed by atoms with E-state index in [9.17, 15) is 18.3 Å². The number of anilines is 1. The number of likely N-dealkylation sites (N-methyl/N-ethyl adjacent to an activating group) is 1. The standard InChI is InChI=1S/C30H35Cl2N3O5S/c1-20-16-35(21(2)19-36)30(37)15-23-14-24(33-41(38,39)25-7-5-4-6-8-25)10-12-28(23)40-29(20)18-34(3)17-22-9-11-26(31)27(32)13-22/h4-14,20-21,29,33,36H,15-19H2,1-3H3/t20-,21-,29+/m1/s1. The largest absolute Gasteiger partial charge is 0.488 e. The molecule has 0 spiro atoms. The maximum absolute atomic E-state index is 13.5. The van der Waals surface area contributed by atoms with Gasteiger partial charge in [0, 0.05) is 36.8 Å². The van der Waals surface area contributed by atoms with E-state index < -0.39 is 10.0 Å². The molecular weight excluding hydrogens is 585 g/mol. The first kappa shape index (κ1) is 31.1. The van der Waals surface area contributed by atoms with Gasteiger partial charge in [0.15, 0.2) is 0 Å². The molecule has 1 aliphatic rings. The van der Waals surface area contributed by atoms with Crippen molar-refractivity contribution in [1.29, 1.82) is 0 Å². The second-order valence-electron chi connectivity index (χ2n) is 10.6. The van der Waals surface area contributed by atoms with Crippen LogP contribution in [-0.2, 0) is 27.8 Å². The van der Waals surface area contributed by atoms with Crippen LogP contribution in [0.1, 0.15) is 25.0 Å². The Bertz CT molecular complexity index is 1470. The fourth-order valence-corrected chi connectivity index (χ4v) is 6.24. The van der Waals surface area contributed by atoms with Gasteiger partial charge in [-0.05, 0) is 62.0 Å². The molecule has 2 N–H and O–H groups in total. The highest BCUT2D eigenvalue weighted by Gasteiger charge is 2.31. The van der Waals surface area contributed by atoms with Gasteiger partial charge in [-0.15, -0.1) is 0 Å². The third-order valence-corrected chi connectivity index (χ3v) is 9.29. The summed E-state index contributed by atoms with van der Waals surface area (Å²) in [5, 5.41) is 10.9. The summed E-state index contributed by atoms with van der Waals surface area (Å²) < 4.78 is 35.0. The van der Waals surface area contributed by atoms with Crippen molar-refractivity contribution in [3.63, 3.8) is 0 Å². The Kier molecular flexibility index (Phi) is 10.2. The second kappa shape index (κ2) is 13.4. The van der Waals surface area contributed by atoms with Crippen molar-refractivity contribution in [3.05, 3.63) is 87.9 Å². The number of ether oxygens (including phenoxy) is 1. The Morgan fingerprint density at radius 2 is 1.83 bits per heavy atom. The first-order valence-corrected chi connectivity index (χ1v) is 15.6. The topological polar surface area (TPSA) is 99.2 Å². The van der Waals surface area contributed by atoms with Gasteiger partial charge in [0.2, 0.25) is 5.91 Å². The van der Waals surface area contributed by atoms with Gasteiger partial charge in [-0.25, -0.2) is 8.42 Å². The van der Waals surface area contributed by atoms with E-state index in [1.807, 2.05) is 26.1 Å². The van der Waals surface area contributed by atoms with Crippen LogP contribution in [0.25, 0.3) is 0 Å². The molecule has 0 bridgehead atoms. The smallest absolute Gasteiger partial charge is 0.261 e. The van der Waals surface area contributed by atoms with E-state index >= 15 is 0 Å². The van der Waals surface area contributed by atoms with Crippen LogP contribution in [0.2, 0.25) is 10.0 Å². The third-order valence-electron chi connectivity index (χ3n) is 7.15. The molecule has 1 aliphatic heterocycles. The first-order chi connectivity index (χ1) is 19.5. The molecule has 0 unspecified atom stereocenters. The Balaban J connectivity index is 1.62. The first-order valence-electron chi connectivity index (χ1n) is 13.4. The Morgan fingerprint density at radius 1 is 1.10 bits per heavy atom. The van der Waals surface area contributed by atoms with E-state index in [0.29, 0.717) is 46.7 Å². The minimum atomic E-state index is -3.82. The number of amides is 1. The van der Waals surface area contributed by atoms with Crippen LogP contribution < -0.4 is 9.46 Å². The monoisotopic (exact) mass is 619 g/mol. The number of nitrogens with zero attached hydrogens (tertiary/aromatic N) is 2. The summed E-state index contributed by atoms with van der Waals surface area (Å²) in [6.45, 7) is 5.19. The number of nitrogens with one attached hydrogen (secondary N) is 1. The lowest BCUT2D eigenvalue weighted by molar-refractivity contribution is -0.134. The normalized spacial score (nSPS) is 18.6. The van der Waals surface area contributed by atoms with Gasteiger partial charge < -0.3 is 14.7 Å². The predicted octanol–water partition coefficient (Wildman–Crippen LogP) is 5.08. The molecule has 0 saturated heterocycles. The van der Waals surface area contributed by atoms with Gasteiger partial charge in [-0.2, -0.15) is 0 Å². The zero-order valence-electron chi connectivity index (χ0n) is 23.3. The van der Waals surface area contributed by atoms with Crippen molar-refractivity contribution in [2.75, 3.05) is 31.5 Å². The summed E-state index contributed by atoms with van der Waals surface area (Å²) >= 11 is 12.3. The number of aliphatic hydroxyl groups is 1. The Labute approximate surface area is 251 Å². The van der Waals surface area contributed by atoms with Crippen molar-refractivity contribution < 1.29 is 23.1 Å². The number of carbonyl (C=O) groups is 1. The summed E-state index contributed by atoms with van der Waals surface area (Å²) in [4.78, 5) is 17.4. The van der Waals surface area contributed by atoms with Crippen LogP contribution in [0.4, 0.5) is 5.69 Å². The number of sulfonamides is 1. The molecule has 3 atom stereocenters. The van der Waals surface area contributed by atoms with Gasteiger partial charge >= 0.3 is 0 Å². The molecule has 0 aromatic heterocycles. The summed E-state index contributed by atoms with van der Waals surface area (Å²) in [6, 6.07) is 18.2. The van der Waals surface area contributed by atoms with Crippen molar-refractivity contribution in [3.8, 4) is 5.75 Å². The molecule has 0 fully saturated rings. The number of hydrogen-bond donors (Lipinski definition) is 2. The summed E-state index contributed by atoms with van der Waals surface area (Å²) in [7, 11) is -1.84. The average Bonchev–Trinajstić information content (AvgIpc) is 2.98. The predicted molar refractivity (Wildman–Crippen MR) is 162 cm³/mol. The van der Waals surface area contributed by atoms with Crippen molar-refractivity contribution >= 4 is 44.8 Å². The molecule has 4 rings (SSSR count). The number of fused-ring (bicyclic) bond motifs is 1. The van der Waals surface area contributed by atoms with Gasteiger partial charge in [-0.3, -0.25) is 14.4 Å². The number of halogens is 2. The number of hydrogen-bond acceptors (Lipinski definition) is 6. The van der Waals surface area contributed by atoms with Crippen molar-refractivity contribution in [2.24, 2.45) is 5.92 Å². The summed E-state index contributed by atoms with van der Waals surface area (Å²) in [5.74, 6) is 0.266. The minimum Gasteiger partial charge on any atom is -0.488 e. The minimum absolute atomic E-state index is 0.000862. The van der Waals surface area contributed by atoms with E-state index in [1.54, 1.807) is 54.3 Å². The van der Waals surface area contributed by atoms with Gasteiger partial charge in [0.1, 0.15) is 11.9 Å². The quantitative estimate of drug-likeness (QED) is 0.347. The highest BCUT2D eigenvalue weighted by molar-refractivity contribution is 7.92. The molecule has 8 nitrogen and oxygen atoms in total. The fraction of sp³-hybridized carbons (Fsp3) is 0.367. The van der Waals surface area contributed by atoms with Gasteiger partial charge in [0.05, 0.1) is 34.0 Å². The van der Waals surface area contributed by atoms with E-state index in [2.05, 4.69) is 9.62 Å². The summed E-state index contributed by atoms with van der Waals surface area (Å²) in [6.07, 6.45) is -0.313. The number of aliphatic hydroxyl groups excluding tert-OH is 1. The molecule has 1 amide bonds. The van der Waals surface area contributed by atoms with Crippen LogP contribution in [-0.4, -0.2) is 68.1 Å². The zero-order chi connectivity index (χ0) is 29.7. The van der Waals surface area contributed by atoms with Crippen LogP contribution >= 0.6 is 23.2 Å². The molecule has 41 heavy (non-hydrogen) atoms. The molecule has 1 heterocycles. The molecule has 3 aromatic carbocycles. The van der Waals surface area contributed by atoms with Crippen LogP contribution in [0.5, 0.6) is 5.75 Å². The molecule has 11 heteroatoms. The van der Waals surface area contributed by atoms with Crippen LogP contribution in [0.3, 0.4) is 0 Å². The zero-order valence-corrected chi connectivity index (χ0v) is 25.6. The van der Waals surface area contributed by atoms with Crippen molar-refractivity contribution in [2.45, 2.75) is 43.9 Å². The highest BCUT2D eigenvalue weighted by atomic mass is 35.5. The number of carbonyl (C=O) groups excluding carboxylic acids is 1. The number of rotatable bonds is 9. The molecular formula is C30H35Cl2N3O5S. The van der Waals surface area contributed by atoms with Crippen molar-refractivity contribution in [1.82, 2.24) is 9.80 Å². The summed E-state index contributed by atoms with van der Waals surface area (Å²) in [5.41, 5.74) is 1.88. The Morgan fingerprint density at radius 3 is 2.51 bits per heavy atom. The number of benzene rings is 3. The van der Waals surface area contributed by atoms with Gasteiger partial charge in [-0.1, -0.05) is 54.4 Å². The van der Waals surface area contributed by atoms with E-state index in [4.69, 9.17) is 27.9 Å². The molecule has 220 valence electrons. The van der Waals surface area contributed by atoms with E-state index in [0.717, 1.165) is 5.56 Å². The lowest BCUT2D eigenvalue weighted by Gasteiger charge is -2.34. The maximum atomic E-state index is 13.5. The lowest BCUT2D eigenvalue weighted by Crippen LogP contribution is -2.47. The molecule has 0 aliphatic carbocycles. The maximum Gasteiger partial charge on any atom is 0.261 e. The SMILES string of the molecule is C[C@@H]1CN([C@H](C)CO)C(=O)Cc2cc(NS(=O)(=O)c3ccccc3)ccc2O[C@H]1CN(C)Cc1ccc(Cl)c(Cl)c1. The highest BCUT2D eigenvalue weighted by Crippen LogP contribution is 2.30. The second-order valence-corrected chi connectivity index (χ2v) is 13.1. The molecule has 0 saturated carbocycles. The lowest BCUT2D eigenvalue weighted by atomic mass is 10.0. The Hall–Kier alpha value is -2.82. The molecule has 3 aromatic rings. The third kappa shape index (κ3) is 7.93. The van der Waals surface area contributed by atoms with Crippen LogP contribution in [0, 0.1) is 5.92 Å².